The summed E-state index contributed by atoms with van der Waals surface area (Å²) in [5.41, 5.74) is 4.05. The Balaban J connectivity index is 1.50. The van der Waals surface area contributed by atoms with Crippen LogP contribution >= 0.6 is 11.3 Å². The van der Waals surface area contributed by atoms with Gasteiger partial charge in [0.05, 0.1) is 23.3 Å². The lowest BCUT2D eigenvalue weighted by atomic mass is 10.1. The zero-order chi connectivity index (χ0) is 23.7. The number of anilines is 1. The van der Waals surface area contributed by atoms with Crippen LogP contribution in [-0.4, -0.2) is 15.5 Å². The van der Waals surface area contributed by atoms with Gasteiger partial charge in [-0.15, -0.1) is 0 Å². The summed E-state index contributed by atoms with van der Waals surface area (Å²) in [5, 5.41) is 0.620. The fourth-order valence-corrected chi connectivity index (χ4v) is 4.81. The molecule has 6 nitrogen and oxygen atoms in total. The maximum absolute atomic E-state index is 13.6. The highest BCUT2D eigenvalue weighted by Gasteiger charge is 2.25. The maximum Gasteiger partial charge on any atom is 0.296 e. The number of aryl methyl sites for hydroxylation is 2. The first-order valence-corrected chi connectivity index (χ1v) is 11.8. The standard InChI is InChI=1S/C27H23N3O3S/c1-18-11-14-23-25(19(18)2)28-27(34-23)30(16-20-8-4-3-5-9-20)26(32)22-13-12-21(33-22)17-29-15-7-6-10-24(29)31/h3-15H,16-17H2,1-2H3. The largest absolute Gasteiger partial charge is 0.454 e. The van der Waals surface area contributed by atoms with E-state index in [2.05, 4.69) is 19.9 Å². The van der Waals surface area contributed by atoms with Crippen molar-refractivity contribution >= 4 is 32.6 Å². The molecule has 0 fully saturated rings. The molecule has 0 aliphatic heterocycles. The van der Waals surface area contributed by atoms with Crippen LogP contribution in [0.3, 0.4) is 0 Å². The number of aromatic nitrogens is 2. The maximum atomic E-state index is 13.6. The van der Waals surface area contributed by atoms with Crippen molar-refractivity contribution in [2.45, 2.75) is 26.9 Å². The molecule has 170 valence electrons. The third-order valence-corrected chi connectivity index (χ3v) is 6.87. The van der Waals surface area contributed by atoms with E-state index in [4.69, 9.17) is 9.40 Å². The molecule has 0 bridgehead atoms. The van der Waals surface area contributed by atoms with Crippen molar-refractivity contribution in [1.29, 1.82) is 0 Å². The van der Waals surface area contributed by atoms with E-state index in [1.807, 2.05) is 36.4 Å². The lowest BCUT2D eigenvalue weighted by Gasteiger charge is -2.19. The van der Waals surface area contributed by atoms with Gasteiger partial charge in [-0.3, -0.25) is 14.5 Å². The van der Waals surface area contributed by atoms with Crippen LogP contribution in [0.15, 0.2) is 88.2 Å². The first-order valence-electron chi connectivity index (χ1n) is 11.0. The van der Waals surface area contributed by atoms with E-state index in [0.717, 1.165) is 26.9 Å². The molecule has 5 aromatic rings. The number of hydrogen-bond donors (Lipinski definition) is 0. The van der Waals surface area contributed by atoms with Crippen LogP contribution in [0.1, 0.15) is 33.0 Å². The van der Waals surface area contributed by atoms with E-state index >= 15 is 0 Å². The van der Waals surface area contributed by atoms with E-state index in [9.17, 15) is 9.59 Å². The van der Waals surface area contributed by atoms with E-state index in [0.29, 0.717) is 17.4 Å². The lowest BCUT2D eigenvalue weighted by Crippen LogP contribution is -2.30. The van der Waals surface area contributed by atoms with Crippen molar-refractivity contribution in [3.63, 3.8) is 0 Å². The van der Waals surface area contributed by atoms with Crippen LogP contribution in [0.5, 0.6) is 0 Å². The quantitative estimate of drug-likeness (QED) is 0.326. The number of carbonyl (C=O) groups excluding carboxylic acids is 1. The summed E-state index contributed by atoms with van der Waals surface area (Å²) < 4.78 is 8.46. The number of fused-ring (bicyclic) bond motifs is 1. The van der Waals surface area contributed by atoms with Crippen molar-refractivity contribution < 1.29 is 9.21 Å². The zero-order valence-electron chi connectivity index (χ0n) is 18.9. The van der Waals surface area contributed by atoms with Crippen LogP contribution in [0.4, 0.5) is 5.13 Å². The molecule has 0 unspecified atom stereocenters. The zero-order valence-corrected chi connectivity index (χ0v) is 19.7. The van der Waals surface area contributed by atoms with Crippen molar-refractivity contribution in [2.75, 3.05) is 4.90 Å². The van der Waals surface area contributed by atoms with Gasteiger partial charge in [-0.25, -0.2) is 4.98 Å². The molecule has 2 aromatic carbocycles. The predicted octanol–water partition coefficient (Wildman–Crippen LogP) is 5.56. The van der Waals surface area contributed by atoms with Gasteiger partial charge in [0.25, 0.3) is 11.5 Å². The number of rotatable bonds is 6. The molecule has 0 saturated heterocycles. The summed E-state index contributed by atoms with van der Waals surface area (Å²) in [6, 6.07) is 22.3. The van der Waals surface area contributed by atoms with Gasteiger partial charge < -0.3 is 8.98 Å². The molecular weight excluding hydrogens is 446 g/mol. The van der Waals surface area contributed by atoms with Crippen LogP contribution in [0.2, 0.25) is 0 Å². The van der Waals surface area contributed by atoms with Gasteiger partial charge in [-0.05, 0) is 54.8 Å². The molecule has 1 amide bonds. The van der Waals surface area contributed by atoms with Crippen molar-refractivity contribution in [1.82, 2.24) is 9.55 Å². The predicted molar refractivity (Wildman–Crippen MR) is 135 cm³/mol. The molecule has 34 heavy (non-hydrogen) atoms. The molecular formula is C27H23N3O3S. The second-order valence-electron chi connectivity index (χ2n) is 8.16. The average molecular weight is 470 g/mol. The number of hydrogen-bond acceptors (Lipinski definition) is 5. The summed E-state index contributed by atoms with van der Waals surface area (Å²) in [7, 11) is 0. The molecule has 0 radical (unpaired) electrons. The van der Waals surface area contributed by atoms with Crippen molar-refractivity contribution in [2.24, 2.45) is 0 Å². The molecule has 7 heteroatoms. The Morgan fingerprint density at radius 3 is 2.59 bits per heavy atom. The van der Waals surface area contributed by atoms with Crippen LogP contribution in [-0.2, 0) is 13.1 Å². The van der Waals surface area contributed by atoms with Gasteiger partial charge in [0.1, 0.15) is 5.76 Å². The summed E-state index contributed by atoms with van der Waals surface area (Å²) in [5.74, 6) is 0.470. The molecule has 0 aliphatic rings. The first-order chi connectivity index (χ1) is 16.5. The highest BCUT2D eigenvalue weighted by Crippen LogP contribution is 2.33. The number of thiazole rings is 1. The van der Waals surface area contributed by atoms with E-state index in [1.54, 1.807) is 35.4 Å². The molecule has 5 rings (SSSR count). The molecule has 3 heterocycles. The highest BCUT2D eigenvalue weighted by atomic mass is 32.1. The van der Waals surface area contributed by atoms with E-state index < -0.39 is 0 Å². The lowest BCUT2D eigenvalue weighted by molar-refractivity contribution is 0.0956. The number of furan rings is 1. The summed E-state index contributed by atoms with van der Waals surface area (Å²) in [4.78, 5) is 32.2. The average Bonchev–Trinajstić information content (AvgIpc) is 3.49. The minimum absolute atomic E-state index is 0.127. The van der Waals surface area contributed by atoms with Crippen molar-refractivity contribution in [3.05, 3.63) is 118 Å². The Hall–Kier alpha value is -3.97. The van der Waals surface area contributed by atoms with Crippen LogP contribution in [0, 0.1) is 13.8 Å². The smallest absolute Gasteiger partial charge is 0.296 e. The second-order valence-corrected chi connectivity index (χ2v) is 9.17. The van der Waals surface area contributed by atoms with Crippen LogP contribution in [0.25, 0.3) is 10.2 Å². The summed E-state index contributed by atoms with van der Waals surface area (Å²) in [6.45, 7) is 4.73. The number of benzene rings is 2. The molecule has 3 aromatic heterocycles. The Bertz CT molecular complexity index is 1530. The van der Waals surface area contributed by atoms with Crippen molar-refractivity contribution in [3.8, 4) is 0 Å². The molecule has 0 aliphatic carbocycles. The van der Waals surface area contributed by atoms with E-state index in [-0.39, 0.29) is 23.8 Å². The first kappa shape index (κ1) is 21.9. The molecule has 0 atom stereocenters. The van der Waals surface area contributed by atoms with E-state index in [1.165, 1.54) is 22.0 Å². The number of nitrogens with zero attached hydrogens (tertiary/aromatic N) is 3. The number of carbonyl (C=O) groups is 1. The van der Waals surface area contributed by atoms with Gasteiger partial charge in [-0.2, -0.15) is 0 Å². The normalized spacial score (nSPS) is 11.1. The topological polar surface area (TPSA) is 68.3 Å². The Morgan fingerprint density at radius 1 is 1.00 bits per heavy atom. The minimum Gasteiger partial charge on any atom is -0.454 e. The number of amides is 1. The molecule has 0 N–H and O–H groups in total. The minimum atomic E-state index is -0.274. The SMILES string of the molecule is Cc1ccc2sc(N(Cc3ccccc3)C(=O)c3ccc(Cn4ccccc4=O)o3)nc2c1C. The Kier molecular flexibility index (Phi) is 5.86. The van der Waals surface area contributed by atoms with Gasteiger partial charge in [-0.1, -0.05) is 53.8 Å². The molecule has 0 spiro atoms. The Labute approximate surface area is 200 Å². The fraction of sp³-hybridized carbons (Fsp3) is 0.148. The summed E-state index contributed by atoms with van der Waals surface area (Å²) in [6.07, 6.45) is 1.69. The monoisotopic (exact) mass is 469 g/mol. The van der Waals surface area contributed by atoms with Gasteiger partial charge in [0.15, 0.2) is 10.9 Å². The number of pyridine rings is 1. The second kappa shape index (κ2) is 9.11. The van der Waals surface area contributed by atoms with Gasteiger partial charge in [0, 0.05) is 12.3 Å². The summed E-state index contributed by atoms with van der Waals surface area (Å²) >= 11 is 1.49. The Morgan fingerprint density at radius 2 is 1.79 bits per heavy atom. The fourth-order valence-electron chi connectivity index (χ4n) is 3.79. The third-order valence-electron chi connectivity index (χ3n) is 5.83. The third kappa shape index (κ3) is 4.30. The highest BCUT2D eigenvalue weighted by molar-refractivity contribution is 7.22. The van der Waals surface area contributed by atoms with Gasteiger partial charge in [0.2, 0.25) is 0 Å². The van der Waals surface area contributed by atoms with Crippen LogP contribution < -0.4 is 10.5 Å². The van der Waals surface area contributed by atoms with Gasteiger partial charge >= 0.3 is 0 Å². The molecule has 0 saturated carbocycles.